The van der Waals surface area contributed by atoms with E-state index >= 15 is 0 Å². The van der Waals surface area contributed by atoms with Crippen LogP contribution in [0.1, 0.15) is 47.5 Å². The molecule has 4 heteroatoms. The molecule has 1 rings (SSSR count). The van der Waals surface area contributed by atoms with Crippen LogP contribution in [-0.2, 0) is 9.59 Å². The highest BCUT2D eigenvalue weighted by Gasteiger charge is 2.50. The second-order valence-electron chi connectivity index (χ2n) is 5.48. The quantitative estimate of drug-likeness (QED) is 0.768. The van der Waals surface area contributed by atoms with Crippen molar-refractivity contribution in [1.82, 2.24) is 10.2 Å². The van der Waals surface area contributed by atoms with Crippen LogP contribution in [0, 0.1) is 12.3 Å². The summed E-state index contributed by atoms with van der Waals surface area (Å²) in [7, 11) is 0. The highest BCUT2D eigenvalue weighted by Crippen LogP contribution is 2.29. The minimum Gasteiger partial charge on any atom is -0.340 e. The zero-order chi connectivity index (χ0) is 14.1. The van der Waals surface area contributed by atoms with Crippen molar-refractivity contribution in [3.63, 3.8) is 0 Å². The zero-order valence-corrected chi connectivity index (χ0v) is 11.8. The first-order valence-electron chi connectivity index (χ1n) is 6.37. The van der Waals surface area contributed by atoms with E-state index in [4.69, 9.17) is 6.42 Å². The molecule has 2 amide bonds. The Labute approximate surface area is 109 Å². The molecule has 2 atom stereocenters. The van der Waals surface area contributed by atoms with Crippen LogP contribution in [0.5, 0.6) is 0 Å². The third-order valence-electron chi connectivity index (χ3n) is 3.75. The molecule has 0 aliphatic carbocycles. The lowest BCUT2D eigenvalue weighted by Gasteiger charge is -2.49. The van der Waals surface area contributed by atoms with E-state index in [1.807, 2.05) is 13.8 Å². The van der Waals surface area contributed by atoms with Gasteiger partial charge in [-0.15, -0.1) is 6.42 Å². The van der Waals surface area contributed by atoms with E-state index in [1.54, 1.807) is 25.7 Å². The number of piperazine rings is 1. The van der Waals surface area contributed by atoms with Gasteiger partial charge in [-0.3, -0.25) is 9.59 Å². The maximum Gasteiger partial charge on any atom is 0.249 e. The fraction of sp³-hybridized carbons (Fsp3) is 0.714. The van der Waals surface area contributed by atoms with Gasteiger partial charge in [0, 0.05) is 0 Å². The molecule has 0 bridgehead atoms. The lowest BCUT2D eigenvalue weighted by atomic mass is 9.87. The zero-order valence-electron chi connectivity index (χ0n) is 11.8. The lowest BCUT2D eigenvalue weighted by molar-refractivity contribution is -0.159. The summed E-state index contributed by atoms with van der Waals surface area (Å²) in [6.45, 7) is 9.10. The van der Waals surface area contributed by atoms with Crippen LogP contribution in [0.3, 0.4) is 0 Å². The number of amides is 2. The van der Waals surface area contributed by atoms with Crippen molar-refractivity contribution >= 4 is 11.8 Å². The van der Waals surface area contributed by atoms with E-state index in [0.717, 1.165) is 0 Å². The monoisotopic (exact) mass is 250 g/mol. The van der Waals surface area contributed by atoms with E-state index in [1.165, 1.54) is 0 Å². The minimum atomic E-state index is -0.850. The van der Waals surface area contributed by atoms with Gasteiger partial charge in [-0.25, -0.2) is 0 Å². The molecule has 2 unspecified atom stereocenters. The third-order valence-corrected chi connectivity index (χ3v) is 3.75. The first kappa shape index (κ1) is 14.6. The van der Waals surface area contributed by atoms with Crippen LogP contribution in [-0.4, -0.2) is 33.8 Å². The maximum atomic E-state index is 12.6. The van der Waals surface area contributed by atoms with Gasteiger partial charge < -0.3 is 10.2 Å². The topological polar surface area (TPSA) is 49.4 Å². The van der Waals surface area contributed by atoms with E-state index in [2.05, 4.69) is 11.2 Å². The Balaban J connectivity index is 3.28. The van der Waals surface area contributed by atoms with Gasteiger partial charge in [0.15, 0.2) is 0 Å². The van der Waals surface area contributed by atoms with Gasteiger partial charge in [-0.1, -0.05) is 19.8 Å². The van der Waals surface area contributed by atoms with E-state index in [9.17, 15) is 9.59 Å². The Morgan fingerprint density at radius 3 is 2.39 bits per heavy atom. The summed E-state index contributed by atoms with van der Waals surface area (Å²) in [6.07, 6.45) is 6.62. The fourth-order valence-electron chi connectivity index (χ4n) is 2.25. The summed E-state index contributed by atoms with van der Waals surface area (Å²) >= 11 is 0. The molecule has 0 aromatic rings. The molecule has 18 heavy (non-hydrogen) atoms. The number of carbonyl (C=O) groups is 2. The average molecular weight is 250 g/mol. The summed E-state index contributed by atoms with van der Waals surface area (Å²) in [5, 5.41) is 2.82. The summed E-state index contributed by atoms with van der Waals surface area (Å²) in [5.74, 6) is 2.39. The summed E-state index contributed by atoms with van der Waals surface area (Å²) in [6, 6.07) is -0.483. The minimum absolute atomic E-state index is 0.0978. The molecule has 1 fully saturated rings. The Kier molecular flexibility index (Phi) is 3.75. The van der Waals surface area contributed by atoms with Crippen LogP contribution in [0.25, 0.3) is 0 Å². The number of terminal acetylenes is 1. The molecule has 1 N–H and O–H groups in total. The molecule has 1 aliphatic rings. The lowest BCUT2D eigenvalue weighted by Crippen LogP contribution is -2.72. The predicted octanol–water partition coefficient (Wildman–Crippen LogP) is 1.30. The second kappa shape index (κ2) is 4.64. The average Bonchev–Trinajstić information content (AvgIpc) is 2.33. The smallest absolute Gasteiger partial charge is 0.249 e. The Hall–Kier alpha value is -1.50. The van der Waals surface area contributed by atoms with Gasteiger partial charge in [0.1, 0.15) is 11.6 Å². The summed E-state index contributed by atoms with van der Waals surface area (Å²) < 4.78 is 0. The molecule has 100 valence electrons. The molecule has 0 radical (unpaired) electrons. The van der Waals surface area contributed by atoms with E-state index < -0.39 is 17.1 Å². The molecular weight excluding hydrogens is 228 g/mol. The normalized spacial score (nSPS) is 28.9. The number of nitrogens with one attached hydrogen (secondary N) is 1. The Bertz CT molecular complexity index is 409. The van der Waals surface area contributed by atoms with Gasteiger partial charge in [0.2, 0.25) is 11.8 Å². The standard InChI is InChI=1S/C14H22N2O2/c1-7-10-11(17)15-14(6,9-3)12(18)16(10)13(4,5)8-2/h2,10H,7,9H2,1,3-6H3,(H,15,17). The summed E-state index contributed by atoms with van der Waals surface area (Å²) in [4.78, 5) is 26.3. The molecule has 0 saturated carbocycles. The highest BCUT2D eigenvalue weighted by molar-refractivity contribution is 6.00. The largest absolute Gasteiger partial charge is 0.340 e. The van der Waals surface area contributed by atoms with Crippen molar-refractivity contribution in [2.45, 2.75) is 64.6 Å². The highest BCUT2D eigenvalue weighted by atomic mass is 16.2. The second-order valence-corrected chi connectivity index (χ2v) is 5.48. The molecule has 0 spiro atoms. The molecule has 0 aromatic heterocycles. The van der Waals surface area contributed by atoms with Gasteiger partial charge >= 0.3 is 0 Å². The fourth-order valence-corrected chi connectivity index (χ4v) is 2.25. The van der Waals surface area contributed by atoms with E-state index in [-0.39, 0.29) is 11.8 Å². The van der Waals surface area contributed by atoms with Crippen LogP contribution < -0.4 is 5.32 Å². The molecule has 1 heterocycles. The third kappa shape index (κ3) is 2.10. The van der Waals surface area contributed by atoms with Crippen molar-refractivity contribution in [3.8, 4) is 12.3 Å². The van der Waals surface area contributed by atoms with Gasteiger partial charge in [-0.2, -0.15) is 0 Å². The Morgan fingerprint density at radius 1 is 1.44 bits per heavy atom. The summed E-state index contributed by atoms with van der Waals surface area (Å²) in [5.41, 5.74) is -1.61. The molecule has 1 aliphatic heterocycles. The predicted molar refractivity (Wildman–Crippen MR) is 70.7 cm³/mol. The van der Waals surface area contributed by atoms with Crippen molar-refractivity contribution in [2.24, 2.45) is 0 Å². The molecule has 1 saturated heterocycles. The van der Waals surface area contributed by atoms with E-state index in [0.29, 0.717) is 12.8 Å². The van der Waals surface area contributed by atoms with Crippen LogP contribution in [0.2, 0.25) is 0 Å². The first-order valence-corrected chi connectivity index (χ1v) is 6.37. The van der Waals surface area contributed by atoms with Crippen LogP contribution in [0.15, 0.2) is 0 Å². The van der Waals surface area contributed by atoms with Gasteiger partial charge in [-0.05, 0) is 33.6 Å². The van der Waals surface area contributed by atoms with Crippen molar-refractivity contribution in [2.75, 3.05) is 0 Å². The SMILES string of the molecule is C#CC(C)(C)N1C(=O)C(C)(CC)NC(=O)C1CC. The van der Waals surface area contributed by atoms with Crippen molar-refractivity contribution in [1.29, 1.82) is 0 Å². The number of nitrogens with zero attached hydrogens (tertiary/aromatic N) is 1. The number of hydrogen-bond acceptors (Lipinski definition) is 2. The number of carbonyl (C=O) groups excluding carboxylic acids is 2. The maximum absolute atomic E-state index is 12.6. The number of hydrogen-bond donors (Lipinski definition) is 1. The first-order chi connectivity index (χ1) is 8.23. The number of rotatable bonds is 3. The van der Waals surface area contributed by atoms with Gasteiger partial charge in [0.05, 0.1) is 5.54 Å². The van der Waals surface area contributed by atoms with Crippen LogP contribution >= 0.6 is 0 Å². The van der Waals surface area contributed by atoms with Gasteiger partial charge in [0.25, 0.3) is 0 Å². The van der Waals surface area contributed by atoms with Crippen LogP contribution in [0.4, 0.5) is 0 Å². The van der Waals surface area contributed by atoms with Crippen molar-refractivity contribution in [3.05, 3.63) is 0 Å². The van der Waals surface area contributed by atoms with Crippen molar-refractivity contribution < 1.29 is 9.59 Å². The molecular formula is C14H22N2O2. The molecule has 0 aromatic carbocycles. The molecule has 4 nitrogen and oxygen atoms in total. The Morgan fingerprint density at radius 2 is 2.00 bits per heavy atom.